The van der Waals surface area contributed by atoms with E-state index in [0.29, 0.717) is 17.8 Å². The van der Waals surface area contributed by atoms with E-state index in [1.54, 1.807) is 27.0 Å². The minimum atomic E-state index is -1.44. The summed E-state index contributed by atoms with van der Waals surface area (Å²) in [6.45, 7) is 5.96. The van der Waals surface area contributed by atoms with Crippen LogP contribution in [0.15, 0.2) is 41.7 Å². The highest BCUT2D eigenvalue weighted by Crippen LogP contribution is 2.35. The van der Waals surface area contributed by atoms with Gasteiger partial charge in [-0.05, 0) is 24.8 Å². The number of rotatable bonds is 11. The van der Waals surface area contributed by atoms with Crippen molar-refractivity contribution in [2.45, 2.75) is 71.1 Å². The Kier molecular flexibility index (Phi) is 8.53. The van der Waals surface area contributed by atoms with Crippen LogP contribution in [0.5, 0.6) is 0 Å². The van der Waals surface area contributed by atoms with Gasteiger partial charge in [-0.1, -0.05) is 56.6 Å². The Bertz CT molecular complexity index is 1110. The van der Waals surface area contributed by atoms with E-state index in [0.717, 1.165) is 17.2 Å². The lowest BCUT2D eigenvalue weighted by Gasteiger charge is -2.30. The number of amides is 1. The van der Waals surface area contributed by atoms with Crippen LogP contribution in [0.4, 0.5) is 4.39 Å². The average Bonchev–Trinajstić information content (AvgIpc) is 3.29. The SMILES string of the molecule is CCCC(C)OC(=O)C[C@H](NC(=O)C1(C(C)C)CC(c2nccc3ccccc23)=NO1)C(=O)CF. The lowest BCUT2D eigenvalue weighted by atomic mass is 9.83. The molecular formula is C26H32FN3O5. The molecule has 1 aromatic heterocycles. The van der Waals surface area contributed by atoms with Gasteiger partial charge in [0.2, 0.25) is 5.60 Å². The van der Waals surface area contributed by atoms with Gasteiger partial charge in [0.25, 0.3) is 5.91 Å². The smallest absolute Gasteiger partial charge is 0.308 e. The number of aromatic nitrogens is 1. The summed E-state index contributed by atoms with van der Waals surface area (Å²) in [7, 11) is 0. The normalized spacial score (nSPS) is 19.1. The topological polar surface area (TPSA) is 107 Å². The Morgan fingerprint density at radius 3 is 2.63 bits per heavy atom. The van der Waals surface area contributed by atoms with Gasteiger partial charge in [0.15, 0.2) is 5.78 Å². The molecule has 0 bridgehead atoms. The van der Waals surface area contributed by atoms with Crippen LogP contribution in [0.1, 0.15) is 59.1 Å². The molecule has 0 aliphatic carbocycles. The fourth-order valence-corrected chi connectivity index (χ4v) is 4.14. The second-order valence-corrected chi connectivity index (χ2v) is 9.15. The quantitative estimate of drug-likeness (QED) is 0.484. The highest BCUT2D eigenvalue weighted by Gasteiger charge is 2.51. The fraction of sp³-hybridized carbons (Fsp3) is 0.500. The van der Waals surface area contributed by atoms with Crippen LogP contribution in [0.3, 0.4) is 0 Å². The highest BCUT2D eigenvalue weighted by atomic mass is 19.1. The Morgan fingerprint density at radius 1 is 1.20 bits per heavy atom. The minimum Gasteiger partial charge on any atom is -0.463 e. The maximum Gasteiger partial charge on any atom is 0.308 e. The maximum atomic E-state index is 13.4. The van der Waals surface area contributed by atoms with Gasteiger partial charge in [-0.3, -0.25) is 19.4 Å². The van der Waals surface area contributed by atoms with Gasteiger partial charge in [-0.25, -0.2) is 4.39 Å². The second-order valence-electron chi connectivity index (χ2n) is 9.15. The number of hydrogen-bond acceptors (Lipinski definition) is 7. The predicted octanol–water partition coefficient (Wildman–Crippen LogP) is 3.90. The summed E-state index contributed by atoms with van der Waals surface area (Å²) in [5.74, 6) is -2.59. The number of halogens is 1. The van der Waals surface area contributed by atoms with E-state index >= 15 is 0 Å². The van der Waals surface area contributed by atoms with Crippen LogP contribution in [-0.2, 0) is 24.0 Å². The van der Waals surface area contributed by atoms with Crippen LogP contribution in [0.25, 0.3) is 10.8 Å². The van der Waals surface area contributed by atoms with Crippen molar-refractivity contribution in [1.82, 2.24) is 10.3 Å². The Balaban J connectivity index is 1.79. The number of esters is 1. The van der Waals surface area contributed by atoms with E-state index in [4.69, 9.17) is 9.57 Å². The van der Waals surface area contributed by atoms with Crippen LogP contribution in [-0.4, -0.2) is 52.8 Å². The molecule has 0 fully saturated rings. The van der Waals surface area contributed by atoms with Crippen molar-refractivity contribution >= 4 is 34.1 Å². The van der Waals surface area contributed by atoms with Crippen LogP contribution in [0, 0.1) is 5.92 Å². The standard InChI is InChI=1S/C26H32FN3O5/c1-5-8-17(4)34-23(32)13-20(22(31)15-27)29-25(33)26(16(2)3)14-21(30-35-26)24-19-10-7-6-9-18(19)11-12-28-24/h6-7,9-12,16-17,20H,5,8,13-15H2,1-4H3,(H,29,33)/t17?,20-,26?/m0/s1. The summed E-state index contributed by atoms with van der Waals surface area (Å²) in [4.78, 5) is 48.2. The molecule has 1 aromatic carbocycles. The number of carbonyl (C=O) groups is 3. The first kappa shape index (κ1) is 26.2. The number of oxime groups is 1. The van der Waals surface area contributed by atoms with E-state index in [2.05, 4.69) is 15.5 Å². The molecule has 1 aliphatic heterocycles. The number of nitrogens with one attached hydrogen (secondary N) is 1. The molecule has 2 heterocycles. The van der Waals surface area contributed by atoms with Gasteiger partial charge in [0.1, 0.15) is 18.4 Å². The third kappa shape index (κ3) is 5.83. The predicted molar refractivity (Wildman–Crippen MR) is 130 cm³/mol. The summed E-state index contributed by atoms with van der Waals surface area (Å²) in [6, 6.07) is 8.18. The lowest BCUT2D eigenvalue weighted by Crippen LogP contribution is -2.56. The third-order valence-electron chi connectivity index (χ3n) is 6.24. The molecule has 35 heavy (non-hydrogen) atoms. The van der Waals surface area contributed by atoms with E-state index < -0.39 is 42.4 Å². The summed E-state index contributed by atoms with van der Waals surface area (Å²) in [5, 5.41) is 8.55. The summed E-state index contributed by atoms with van der Waals surface area (Å²) >= 11 is 0. The number of carbonyl (C=O) groups excluding carboxylic acids is 3. The Morgan fingerprint density at radius 2 is 1.94 bits per heavy atom. The number of benzene rings is 1. The van der Waals surface area contributed by atoms with Crippen molar-refractivity contribution in [2.75, 3.05) is 6.67 Å². The molecular weight excluding hydrogens is 453 g/mol. The zero-order valence-corrected chi connectivity index (χ0v) is 20.5. The molecule has 188 valence electrons. The van der Waals surface area contributed by atoms with Crippen LogP contribution < -0.4 is 5.32 Å². The molecule has 9 heteroatoms. The van der Waals surface area contributed by atoms with Crippen LogP contribution in [0.2, 0.25) is 0 Å². The number of pyridine rings is 1. The zero-order valence-electron chi connectivity index (χ0n) is 20.5. The molecule has 0 saturated carbocycles. The average molecular weight is 486 g/mol. The van der Waals surface area contributed by atoms with Crippen molar-refractivity contribution in [3.05, 3.63) is 42.2 Å². The van der Waals surface area contributed by atoms with E-state index in [1.165, 1.54) is 0 Å². The van der Waals surface area contributed by atoms with E-state index in [9.17, 15) is 18.8 Å². The van der Waals surface area contributed by atoms with Crippen LogP contribution >= 0.6 is 0 Å². The molecule has 0 saturated heterocycles. The van der Waals surface area contributed by atoms with Crippen molar-refractivity contribution in [3.8, 4) is 0 Å². The third-order valence-corrected chi connectivity index (χ3v) is 6.24. The maximum absolute atomic E-state index is 13.4. The fourth-order valence-electron chi connectivity index (χ4n) is 4.14. The van der Waals surface area contributed by atoms with E-state index in [1.807, 2.05) is 37.3 Å². The molecule has 8 nitrogen and oxygen atoms in total. The monoisotopic (exact) mass is 485 g/mol. The highest BCUT2D eigenvalue weighted by molar-refractivity contribution is 6.12. The van der Waals surface area contributed by atoms with Gasteiger partial charge in [0.05, 0.1) is 18.2 Å². The van der Waals surface area contributed by atoms with Gasteiger partial charge < -0.3 is 14.9 Å². The number of alkyl halides is 1. The van der Waals surface area contributed by atoms with Crippen molar-refractivity contribution in [1.29, 1.82) is 0 Å². The molecule has 3 rings (SSSR count). The largest absolute Gasteiger partial charge is 0.463 e. The van der Waals surface area contributed by atoms with Gasteiger partial charge in [0, 0.05) is 23.9 Å². The first-order valence-electron chi connectivity index (χ1n) is 11.9. The number of fused-ring (bicyclic) bond motifs is 1. The summed E-state index contributed by atoms with van der Waals surface area (Å²) in [6.07, 6.45) is 2.44. The molecule has 0 spiro atoms. The molecule has 1 N–H and O–H groups in total. The first-order valence-corrected chi connectivity index (χ1v) is 11.9. The number of ether oxygens (including phenoxy) is 1. The second kappa shape index (κ2) is 11.4. The molecule has 1 aliphatic rings. The van der Waals surface area contributed by atoms with Crippen molar-refractivity contribution in [3.63, 3.8) is 0 Å². The molecule has 0 radical (unpaired) electrons. The molecule has 2 aromatic rings. The summed E-state index contributed by atoms with van der Waals surface area (Å²) < 4.78 is 18.6. The zero-order chi connectivity index (χ0) is 25.6. The molecule has 2 unspecified atom stereocenters. The Hall–Kier alpha value is -3.36. The number of nitrogens with zero attached hydrogens (tertiary/aromatic N) is 2. The van der Waals surface area contributed by atoms with Gasteiger partial charge in [-0.2, -0.15) is 0 Å². The first-order chi connectivity index (χ1) is 16.7. The van der Waals surface area contributed by atoms with Crippen molar-refractivity contribution < 1.29 is 28.3 Å². The molecule has 1 amide bonds. The molecule has 3 atom stereocenters. The Labute approximate surface area is 204 Å². The van der Waals surface area contributed by atoms with Gasteiger partial charge in [-0.15, -0.1) is 0 Å². The minimum absolute atomic E-state index is 0.103. The van der Waals surface area contributed by atoms with Crippen molar-refractivity contribution in [2.24, 2.45) is 11.1 Å². The number of hydrogen-bond donors (Lipinski definition) is 1. The van der Waals surface area contributed by atoms with E-state index in [-0.39, 0.29) is 18.4 Å². The lowest BCUT2D eigenvalue weighted by molar-refractivity contribution is -0.154. The summed E-state index contributed by atoms with van der Waals surface area (Å²) in [5.41, 5.74) is -0.350. The number of Topliss-reactive ketones (excluding diaryl/α,β-unsaturated/α-hetero) is 1. The van der Waals surface area contributed by atoms with Gasteiger partial charge >= 0.3 is 5.97 Å². The number of ketones is 1.